The van der Waals surface area contributed by atoms with Crippen LogP contribution in [0.15, 0.2) is 159 Å². The van der Waals surface area contributed by atoms with Gasteiger partial charge in [-0.25, -0.2) is 17.6 Å². The van der Waals surface area contributed by atoms with Crippen LogP contribution >= 0.6 is 160 Å². The molecule has 0 aliphatic heterocycles. The van der Waals surface area contributed by atoms with E-state index in [0.29, 0.717) is 52.1 Å². The van der Waals surface area contributed by atoms with Crippen molar-refractivity contribution in [2.75, 3.05) is 12.5 Å². The lowest BCUT2D eigenvalue weighted by Crippen LogP contribution is -1.95. The van der Waals surface area contributed by atoms with Gasteiger partial charge in [0.05, 0.1) is 0 Å². The largest absolute Gasteiger partial charge is 0.369 e. The van der Waals surface area contributed by atoms with Crippen molar-refractivity contribution in [1.82, 2.24) is 0 Å². The number of halogens is 11. The third kappa shape index (κ3) is 12.0. The molecule has 0 saturated heterocycles. The number of rotatable bonds is 6. The van der Waals surface area contributed by atoms with Crippen LogP contribution in [0.5, 0.6) is 0 Å². The van der Waals surface area contributed by atoms with Crippen molar-refractivity contribution < 1.29 is 17.6 Å². The summed E-state index contributed by atoms with van der Waals surface area (Å²) in [6.45, 7) is 4.00. The van der Waals surface area contributed by atoms with Crippen LogP contribution in [0.25, 0.3) is 66.1 Å². The lowest BCUT2D eigenvalue weighted by molar-refractivity contribution is 0.630. The maximum atomic E-state index is 14.9. The van der Waals surface area contributed by atoms with Gasteiger partial charge in [0.15, 0.2) is 0 Å². The normalized spacial score (nSPS) is 10.7. The summed E-state index contributed by atoms with van der Waals surface area (Å²) in [4.78, 5) is 3.10. The summed E-state index contributed by atoms with van der Waals surface area (Å²) < 4.78 is 62.4. The molecule has 8 rings (SSSR count). The van der Waals surface area contributed by atoms with E-state index in [1.807, 2.05) is 62.8 Å². The number of thiol groups is 2. The Morgan fingerprint density at radius 3 is 0.875 bits per heavy atom. The smallest absolute Gasteiger partial charge is 0.206 e. The first-order valence-electron chi connectivity index (χ1n) is 19.0. The fourth-order valence-electron chi connectivity index (χ4n) is 7.03. The Hall–Kier alpha value is -1.18. The maximum Gasteiger partial charge on any atom is 0.369 e. The van der Waals surface area contributed by atoms with Crippen LogP contribution in [0.4, 0.5) is 17.6 Å². The zero-order valence-electron chi connectivity index (χ0n) is 34.0. The lowest BCUT2D eigenvalue weighted by Gasteiger charge is -2.20. The minimum Gasteiger partial charge on any atom is -0.206 e. The minimum absolute atomic E-state index is 0.271. The number of hydrogen-bond acceptors (Lipinski definition) is 4. The maximum absolute atomic E-state index is 14.9. The lowest BCUT2D eigenvalue weighted by atomic mass is 9.92. The van der Waals surface area contributed by atoms with E-state index in [4.69, 9.17) is 0 Å². The van der Waals surface area contributed by atoms with E-state index >= 15 is 0 Å². The highest BCUT2D eigenvalue weighted by Crippen LogP contribution is 2.50. The van der Waals surface area contributed by atoms with E-state index in [2.05, 4.69) is 136 Å². The van der Waals surface area contributed by atoms with Crippen LogP contribution in [-0.2, 0) is 0 Å². The van der Waals surface area contributed by atoms with Crippen molar-refractivity contribution >= 4 is 185 Å². The first-order valence-corrected chi connectivity index (χ1v) is 28.2. The third-order valence-corrected chi connectivity index (χ3v) is 15.8. The molecule has 0 aromatic heterocycles. The average molecular weight is 1390 g/mol. The first-order chi connectivity index (χ1) is 30.6. The summed E-state index contributed by atoms with van der Waals surface area (Å²) in [5.41, 5.74) is 4.78. The highest BCUT2D eigenvalue weighted by Gasteiger charge is 2.24. The predicted molar refractivity (Wildman–Crippen MR) is 302 cm³/mol. The number of thioether (sulfide) groups is 2. The zero-order valence-corrected chi connectivity index (χ0v) is 48.5. The van der Waals surface area contributed by atoms with Gasteiger partial charge in [-0.15, -0.1) is 96.1 Å². The quantitative estimate of drug-likeness (QED) is 0.0737. The molecule has 64 heavy (non-hydrogen) atoms. The molecule has 0 spiro atoms. The second kappa shape index (κ2) is 24.9. The Morgan fingerprint density at radius 2 is 0.625 bits per heavy atom. The predicted octanol–water partition coefficient (Wildman–Crippen LogP) is 21.2. The fraction of sp³-hybridized carbons (Fsp3) is 0.0833. The van der Waals surface area contributed by atoms with Crippen molar-refractivity contribution in [2.45, 2.75) is 33.4 Å². The molecule has 330 valence electrons. The van der Waals surface area contributed by atoms with E-state index in [-0.39, 0.29) is 26.5 Å². The Labute approximate surface area is 449 Å². The molecule has 0 N–H and O–H groups in total. The van der Waals surface area contributed by atoms with Gasteiger partial charge in [-0.3, -0.25) is 0 Å². The van der Waals surface area contributed by atoms with Crippen molar-refractivity contribution in [3.05, 3.63) is 162 Å². The summed E-state index contributed by atoms with van der Waals surface area (Å²) in [6.07, 6.45) is 3.94. The number of hydrogen-bond donors (Lipinski definition) is 2. The highest BCUT2D eigenvalue weighted by molar-refractivity contribution is 9.69. The van der Waals surface area contributed by atoms with Crippen molar-refractivity contribution in [1.29, 1.82) is 0 Å². The number of benzene rings is 8. The summed E-state index contributed by atoms with van der Waals surface area (Å²) >= 11 is 36.1. The standard InChI is InChI=1S/C24H16Br2F2S2.C22H12Br2F2S2.C2H6.BBr3/c1-29-23-17(25)11-16-15(21(23)13-7-3-5-9-19(13)27)12-18(26)24(30-2)22(16)14-8-4-6-10-20(14)28;23-15-10-14-13(19(21(15)27)11-5-1-3-7-17(11)25)9-16(24)22(28)20(14)12-6-2-4-8-18(12)26;1-2;2-1(3)4/h3-12H,1-2H3;1-10,27-28H;1-2H3;. The summed E-state index contributed by atoms with van der Waals surface area (Å²) in [6, 6.07) is 34.4. The molecular formula is C48H34BBr7F4S4. The van der Waals surface area contributed by atoms with Crippen LogP contribution in [0.1, 0.15) is 13.8 Å². The topological polar surface area (TPSA) is 0 Å². The minimum atomic E-state index is -0.351. The monoisotopic (exact) mass is 1380 g/mol. The zero-order chi connectivity index (χ0) is 47.0. The van der Waals surface area contributed by atoms with E-state index in [1.54, 1.807) is 84.2 Å². The van der Waals surface area contributed by atoms with Crippen molar-refractivity contribution in [3.63, 3.8) is 0 Å². The van der Waals surface area contributed by atoms with Crippen LogP contribution in [0, 0.1) is 23.3 Å². The molecule has 0 nitrogen and oxygen atoms in total. The summed E-state index contributed by atoms with van der Waals surface area (Å²) in [7, 11) is 0. The summed E-state index contributed by atoms with van der Waals surface area (Å²) in [5, 5.41) is 3.24. The van der Waals surface area contributed by atoms with Crippen LogP contribution in [0.2, 0.25) is 0 Å². The molecule has 0 amide bonds. The number of fused-ring (bicyclic) bond motifs is 2. The van der Waals surface area contributed by atoms with Crippen LogP contribution < -0.4 is 0 Å². The molecule has 16 heteroatoms. The van der Waals surface area contributed by atoms with E-state index in [0.717, 1.165) is 51.4 Å². The van der Waals surface area contributed by atoms with E-state index in [9.17, 15) is 17.6 Å². The Balaban J connectivity index is 0.000000215. The van der Waals surface area contributed by atoms with Crippen molar-refractivity contribution in [3.8, 4) is 44.5 Å². The third-order valence-electron chi connectivity index (χ3n) is 9.54. The molecule has 0 saturated carbocycles. The molecule has 8 aromatic carbocycles. The summed E-state index contributed by atoms with van der Waals surface area (Å²) in [5.74, 6) is -1.28. The fourth-order valence-corrected chi connectivity index (χ4v) is 11.7. The van der Waals surface area contributed by atoms with Crippen molar-refractivity contribution in [2.24, 2.45) is 0 Å². The van der Waals surface area contributed by atoms with Gasteiger partial charge < -0.3 is 0 Å². The molecule has 0 unspecified atom stereocenters. The molecular weight excluding hydrogens is 1350 g/mol. The SMILES string of the molecule is BrB(Br)Br.CC.CSc1c(Br)cc2c(-c3ccccc3F)c(SC)c(Br)cc2c1-c1ccccc1F.Fc1ccccc1-c1c(S)c(Br)cc2c(-c3ccccc3F)c(S)c(Br)cc12. The van der Waals surface area contributed by atoms with Gasteiger partial charge in [0.2, 0.25) is 0 Å². The van der Waals surface area contributed by atoms with Crippen LogP contribution in [-0.4, -0.2) is 15.7 Å². The van der Waals surface area contributed by atoms with Gasteiger partial charge in [-0.2, -0.15) is 0 Å². The van der Waals surface area contributed by atoms with Gasteiger partial charge in [0.1, 0.15) is 23.3 Å². The molecule has 0 radical (unpaired) electrons. The second-order valence-corrected chi connectivity index (χ2v) is 25.4. The average Bonchev–Trinajstić information content (AvgIpc) is 3.27. The van der Waals surface area contributed by atoms with Gasteiger partial charge in [0, 0.05) is 82.0 Å². The Bertz CT molecular complexity index is 2780. The van der Waals surface area contributed by atoms with Gasteiger partial charge in [0.25, 0.3) is 0 Å². The molecule has 0 fully saturated rings. The second-order valence-electron chi connectivity index (χ2n) is 13.1. The Morgan fingerprint density at radius 1 is 0.406 bits per heavy atom. The van der Waals surface area contributed by atoms with Gasteiger partial charge in [-0.05, 0) is 146 Å². The molecule has 8 aromatic rings. The van der Waals surface area contributed by atoms with Gasteiger partial charge >= 0.3 is 3.18 Å². The molecule has 0 atom stereocenters. The van der Waals surface area contributed by atoms with E-state index < -0.39 is 0 Å². The Kier molecular flexibility index (Phi) is 20.9. The molecule has 0 aliphatic rings. The highest BCUT2D eigenvalue weighted by atomic mass is 79.9. The van der Waals surface area contributed by atoms with E-state index in [1.165, 1.54) is 24.3 Å². The molecule has 0 heterocycles. The molecule has 0 aliphatic carbocycles. The van der Waals surface area contributed by atoms with Crippen LogP contribution in [0.3, 0.4) is 0 Å². The molecule has 0 bridgehead atoms. The van der Waals surface area contributed by atoms with Gasteiger partial charge in [-0.1, -0.05) is 86.6 Å². The first kappa shape index (κ1) is 53.8.